The van der Waals surface area contributed by atoms with E-state index >= 15 is 0 Å². The number of likely N-dealkylation sites (tertiary alicyclic amines) is 1. The fraction of sp³-hybridized carbons (Fsp3) is 0.615. The van der Waals surface area contributed by atoms with Crippen LogP contribution in [0.15, 0.2) is 24.1 Å². The summed E-state index contributed by atoms with van der Waals surface area (Å²) in [6, 6.07) is 0. The monoisotopic (exact) mass is 303 g/mol. The number of hydrogen-bond acceptors (Lipinski definition) is 5. The maximum Gasteiger partial charge on any atom is 0.335 e. The highest BCUT2D eigenvalue weighted by Crippen LogP contribution is 2.27. The molecule has 21 heavy (non-hydrogen) atoms. The Labute approximate surface area is 121 Å². The van der Waals surface area contributed by atoms with Crippen LogP contribution in [0.5, 0.6) is 0 Å². The second-order valence-electron chi connectivity index (χ2n) is 5.38. The zero-order valence-corrected chi connectivity index (χ0v) is 11.6. The minimum atomic E-state index is -2.60. The Morgan fingerprint density at radius 2 is 2.33 bits per heavy atom. The summed E-state index contributed by atoms with van der Waals surface area (Å²) in [4.78, 5) is 12.4. The zero-order chi connectivity index (χ0) is 15.6. The lowest BCUT2D eigenvalue weighted by Gasteiger charge is -2.17. The van der Waals surface area contributed by atoms with Gasteiger partial charge in [0, 0.05) is 25.6 Å². The molecule has 2 rings (SSSR count). The number of hydrogen-bond donors (Lipinski definition) is 2. The van der Waals surface area contributed by atoms with Crippen LogP contribution in [0.3, 0.4) is 0 Å². The Balaban J connectivity index is 1.82. The molecule has 2 aliphatic rings. The van der Waals surface area contributed by atoms with E-state index in [9.17, 15) is 13.6 Å². The SMILES string of the molecule is C=C(/C=C1/OC(CCN2CCC(F)(F)C2)CN1N)C(=O)O. The maximum absolute atomic E-state index is 13.1. The van der Waals surface area contributed by atoms with Gasteiger partial charge in [0.15, 0.2) is 0 Å². The molecule has 8 heteroatoms. The first-order valence-corrected chi connectivity index (χ1v) is 6.70. The van der Waals surface area contributed by atoms with E-state index in [1.165, 1.54) is 11.1 Å². The molecule has 118 valence electrons. The van der Waals surface area contributed by atoms with Crippen LogP contribution < -0.4 is 5.84 Å². The highest BCUT2D eigenvalue weighted by Gasteiger charge is 2.38. The maximum atomic E-state index is 13.1. The number of carboxylic acids is 1. The lowest BCUT2D eigenvalue weighted by Crippen LogP contribution is -2.31. The molecule has 0 spiro atoms. The van der Waals surface area contributed by atoms with Crippen molar-refractivity contribution in [2.24, 2.45) is 5.84 Å². The van der Waals surface area contributed by atoms with Crippen LogP contribution in [-0.4, -0.2) is 59.2 Å². The van der Waals surface area contributed by atoms with Gasteiger partial charge in [-0.3, -0.25) is 9.91 Å². The molecule has 0 radical (unpaired) electrons. The zero-order valence-electron chi connectivity index (χ0n) is 11.6. The van der Waals surface area contributed by atoms with Crippen LogP contribution in [-0.2, 0) is 9.53 Å². The van der Waals surface area contributed by atoms with Crippen LogP contribution >= 0.6 is 0 Å². The average molecular weight is 303 g/mol. The van der Waals surface area contributed by atoms with Gasteiger partial charge in [-0.2, -0.15) is 0 Å². The predicted molar refractivity (Wildman–Crippen MR) is 71.2 cm³/mol. The molecule has 0 aliphatic carbocycles. The molecule has 6 nitrogen and oxygen atoms in total. The van der Waals surface area contributed by atoms with Crippen molar-refractivity contribution in [2.75, 3.05) is 26.2 Å². The summed E-state index contributed by atoms with van der Waals surface area (Å²) in [6.07, 6.45) is 1.47. The van der Waals surface area contributed by atoms with E-state index in [1.54, 1.807) is 4.90 Å². The summed E-state index contributed by atoms with van der Waals surface area (Å²) in [7, 11) is 0. The van der Waals surface area contributed by atoms with Crippen molar-refractivity contribution in [1.29, 1.82) is 0 Å². The van der Waals surface area contributed by atoms with Crippen molar-refractivity contribution >= 4 is 5.97 Å². The quantitative estimate of drug-likeness (QED) is 0.577. The van der Waals surface area contributed by atoms with Crippen LogP contribution in [0.2, 0.25) is 0 Å². The molecular weight excluding hydrogens is 284 g/mol. The van der Waals surface area contributed by atoms with Gasteiger partial charge in [-0.05, 0) is 6.42 Å². The van der Waals surface area contributed by atoms with Crippen molar-refractivity contribution in [1.82, 2.24) is 9.91 Å². The van der Waals surface area contributed by atoms with Crippen molar-refractivity contribution in [2.45, 2.75) is 24.9 Å². The molecule has 0 amide bonds. The van der Waals surface area contributed by atoms with Crippen molar-refractivity contribution in [3.63, 3.8) is 0 Å². The molecule has 0 saturated carbocycles. The second-order valence-corrected chi connectivity index (χ2v) is 5.38. The summed E-state index contributed by atoms with van der Waals surface area (Å²) in [5, 5.41) is 10.1. The number of carboxylic acid groups (broad SMARTS) is 1. The Kier molecular flexibility index (Phi) is 4.48. The normalized spacial score (nSPS) is 27.1. The predicted octanol–water partition coefficient (Wildman–Crippen LogP) is 0.774. The van der Waals surface area contributed by atoms with Gasteiger partial charge in [-0.25, -0.2) is 19.4 Å². The minimum absolute atomic E-state index is 0.106. The average Bonchev–Trinajstić information content (AvgIpc) is 2.90. The first-order chi connectivity index (χ1) is 9.77. The molecule has 0 aromatic rings. The van der Waals surface area contributed by atoms with Gasteiger partial charge < -0.3 is 9.84 Å². The Morgan fingerprint density at radius 3 is 2.90 bits per heavy atom. The molecular formula is C13H19F2N3O3. The number of carbonyl (C=O) groups is 1. The summed E-state index contributed by atoms with van der Waals surface area (Å²) >= 11 is 0. The third-order valence-electron chi connectivity index (χ3n) is 3.56. The Bertz CT molecular complexity index is 468. The number of nitrogens with zero attached hydrogens (tertiary/aromatic N) is 2. The number of nitrogens with two attached hydrogens (primary N) is 1. The molecule has 0 bridgehead atoms. The van der Waals surface area contributed by atoms with Gasteiger partial charge in [-0.1, -0.05) is 6.58 Å². The number of alkyl halides is 2. The fourth-order valence-corrected chi connectivity index (χ4v) is 2.39. The standard InChI is InChI=1S/C13H19F2N3O3/c1-9(12(19)20)6-11-18(16)7-10(21-11)2-4-17-5-3-13(14,15)8-17/h6,10H,1-5,7-8,16H2,(H,19,20)/b11-6+. The van der Waals surface area contributed by atoms with Gasteiger partial charge in [0.25, 0.3) is 5.92 Å². The van der Waals surface area contributed by atoms with Gasteiger partial charge in [0.2, 0.25) is 5.88 Å². The van der Waals surface area contributed by atoms with E-state index in [-0.39, 0.29) is 30.5 Å². The van der Waals surface area contributed by atoms with E-state index in [4.69, 9.17) is 15.7 Å². The molecule has 2 aliphatic heterocycles. The van der Waals surface area contributed by atoms with Crippen LogP contribution in [0.4, 0.5) is 8.78 Å². The van der Waals surface area contributed by atoms with E-state index in [1.807, 2.05) is 0 Å². The number of ether oxygens (including phenoxy) is 1. The number of aliphatic carboxylic acids is 1. The summed E-state index contributed by atoms with van der Waals surface area (Å²) in [5.41, 5.74) is -0.125. The molecule has 2 saturated heterocycles. The Hall–Kier alpha value is -1.67. The van der Waals surface area contributed by atoms with E-state index in [0.29, 0.717) is 26.1 Å². The van der Waals surface area contributed by atoms with E-state index in [2.05, 4.69) is 6.58 Å². The van der Waals surface area contributed by atoms with Gasteiger partial charge in [-0.15, -0.1) is 0 Å². The summed E-state index contributed by atoms with van der Waals surface area (Å²) < 4.78 is 31.7. The van der Waals surface area contributed by atoms with Crippen molar-refractivity contribution in [3.8, 4) is 0 Å². The highest BCUT2D eigenvalue weighted by atomic mass is 19.3. The van der Waals surface area contributed by atoms with Gasteiger partial charge in [0.1, 0.15) is 6.10 Å². The highest BCUT2D eigenvalue weighted by molar-refractivity contribution is 5.89. The van der Waals surface area contributed by atoms with E-state index in [0.717, 1.165) is 0 Å². The van der Waals surface area contributed by atoms with Crippen LogP contribution in [0.1, 0.15) is 12.8 Å². The molecule has 1 unspecified atom stereocenters. The third-order valence-corrected chi connectivity index (χ3v) is 3.56. The lowest BCUT2D eigenvalue weighted by atomic mass is 10.2. The van der Waals surface area contributed by atoms with Crippen molar-refractivity contribution < 1.29 is 23.4 Å². The largest absolute Gasteiger partial charge is 0.478 e. The Morgan fingerprint density at radius 1 is 1.62 bits per heavy atom. The van der Waals surface area contributed by atoms with E-state index < -0.39 is 11.9 Å². The second kappa shape index (κ2) is 5.98. The molecule has 3 N–H and O–H groups in total. The molecule has 1 atom stereocenters. The summed E-state index contributed by atoms with van der Waals surface area (Å²) in [6.45, 7) is 4.43. The molecule has 0 aromatic heterocycles. The number of rotatable bonds is 5. The fourth-order valence-electron chi connectivity index (χ4n) is 2.39. The van der Waals surface area contributed by atoms with Crippen LogP contribution in [0.25, 0.3) is 0 Å². The molecule has 2 heterocycles. The minimum Gasteiger partial charge on any atom is -0.478 e. The van der Waals surface area contributed by atoms with Crippen molar-refractivity contribution in [3.05, 3.63) is 24.1 Å². The first-order valence-electron chi connectivity index (χ1n) is 6.70. The topological polar surface area (TPSA) is 79.0 Å². The number of halogens is 2. The summed E-state index contributed by atoms with van der Waals surface area (Å²) in [5.74, 6) is 2.21. The first kappa shape index (κ1) is 15.7. The lowest BCUT2D eigenvalue weighted by molar-refractivity contribution is -0.132. The van der Waals surface area contributed by atoms with Crippen LogP contribution in [0, 0.1) is 0 Å². The third kappa shape index (κ3) is 4.15. The van der Waals surface area contributed by atoms with Gasteiger partial charge in [0.05, 0.1) is 18.7 Å². The smallest absolute Gasteiger partial charge is 0.335 e. The molecule has 0 aromatic carbocycles. The number of hydrazine groups is 1. The van der Waals surface area contributed by atoms with Gasteiger partial charge >= 0.3 is 5.97 Å². The molecule has 2 fully saturated rings.